The molecule has 80 valence electrons. The summed E-state index contributed by atoms with van der Waals surface area (Å²) in [7, 11) is 0. The van der Waals surface area contributed by atoms with Crippen LogP contribution in [0.4, 0.5) is 0 Å². The fraction of sp³-hybridized carbons (Fsp3) is 0. The Balaban J connectivity index is 0.000000125. The number of terminal acetylenes is 1. The fourth-order valence-corrected chi connectivity index (χ4v) is 1.87. The maximum absolute atomic E-state index is 5.27. The van der Waals surface area contributed by atoms with E-state index in [0.717, 1.165) is 5.52 Å². The van der Waals surface area contributed by atoms with Gasteiger partial charge in [-0.1, -0.05) is 42.8 Å². The molecular weight excluding hydrogens is 206 g/mol. The van der Waals surface area contributed by atoms with Gasteiger partial charge in [0.1, 0.15) is 0 Å². The standard InChI is InChI=1S/C10H7N.C6H4/c1-2-11-8-7-9-5-3-4-6-10(9)11;1-2-5-4-6(5)3-1/h1,3-8H;1-4H. The number of rotatable bonds is 0. The summed E-state index contributed by atoms with van der Waals surface area (Å²) in [4.78, 5) is 0. The molecular formula is C16H11N. The molecule has 0 aliphatic heterocycles. The Morgan fingerprint density at radius 2 is 1.65 bits per heavy atom. The van der Waals surface area contributed by atoms with E-state index >= 15 is 0 Å². The molecule has 4 rings (SSSR count). The second-order valence-electron chi connectivity index (χ2n) is 3.95. The first kappa shape index (κ1) is 9.74. The van der Waals surface area contributed by atoms with Crippen LogP contribution in [-0.2, 0) is 0 Å². The first-order chi connectivity index (χ1) is 8.38. The van der Waals surface area contributed by atoms with E-state index in [-0.39, 0.29) is 0 Å². The Bertz CT molecular complexity index is 696. The summed E-state index contributed by atoms with van der Waals surface area (Å²) < 4.78 is 1.77. The molecule has 0 spiro atoms. The Morgan fingerprint density at radius 3 is 2.24 bits per heavy atom. The molecule has 1 aromatic carbocycles. The smallest absolute Gasteiger partial charge is 0.0611 e. The maximum Gasteiger partial charge on any atom is 0.0611 e. The summed E-state index contributed by atoms with van der Waals surface area (Å²) >= 11 is 0. The van der Waals surface area contributed by atoms with Crippen LogP contribution in [0, 0.1) is 12.5 Å². The average Bonchev–Trinajstić information content (AvgIpc) is 2.82. The van der Waals surface area contributed by atoms with E-state index in [9.17, 15) is 0 Å². The molecule has 2 aliphatic carbocycles. The molecule has 0 atom stereocenters. The number of nitrogens with zero attached hydrogens (tertiary/aromatic N) is 1. The highest BCUT2D eigenvalue weighted by molar-refractivity contribution is 5.81. The molecule has 0 fully saturated rings. The minimum Gasteiger partial charge on any atom is -0.277 e. The van der Waals surface area contributed by atoms with Gasteiger partial charge in [-0.2, -0.15) is 0 Å². The minimum atomic E-state index is 1.09. The maximum atomic E-state index is 5.27. The summed E-state index contributed by atoms with van der Waals surface area (Å²) in [5.74, 6) is 0. The average molecular weight is 217 g/mol. The van der Waals surface area contributed by atoms with Crippen LogP contribution in [0.1, 0.15) is 0 Å². The van der Waals surface area contributed by atoms with Gasteiger partial charge in [0, 0.05) is 17.6 Å². The summed E-state index contributed by atoms with van der Waals surface area (Å²) in [5.41, 5.74) is 3.94. The normalized spacial score (nSPS) is 10.3. The fourth-order valence-electron chi connectivity index (χ4n) is 1.87. The number of hydrogen-bond donors (Lipinski definition) is 0. The molecule has 0 bridgehead atoms. The Hall–Kier alpha value is -2.46. The molecule has 0 saturated carbocycles. The van der Waals surface area contributed by atoms with Crippen LogP contribution in [-0.4, -0.2) is 4.57 Å². The summed E-state index contributed by atoms with van der Waals surface area (Å²) in [6, 6.07) is 21.1. The molecule has 1 heteroatoms. The second kappa shape index (κ2) is 3.84. The van der Waals surface area contributed by atoms with E-state index in [1.807, 2.05) is 36.5 Å². The second-order valence-corrected chi connectivity index (χ2v) is 3.95. The van der Waals surface area contributed by atoms with Crippen molar-refractivity contribution in [1.29, 1.82) is 0 Å². The highest BCUT2D eigenvalue weighted by Crippen LogP contribution is 2.32. The molecule has 0 radical (unpaired) electrons. The van der Waals surface area contributed by atoms with E-state index in [1.165, 1.54) is 16.5 Å². The van der Waals surface area contributed by atoms with Gasteiger partial charge in [-0.15, -0.1) is 0 Å². The van der Waals surface area contributed by atoms with Gasteiger partial charge >= 0.3 is 0 Å². The zero-order chi connectivity index (χ0) is 11.7. The predicted octanol–water partition coefficient (Wildman–Crippen LogP) is 3.75. The van der Waals surface area contributed by atoms with Crippen molar-refractivity contribution in [3.63, 3.8) is 0 Å². The van der Waals surface area contributed by atoms with E-state index in [2.05, 4.69) is 30.3 Å². The van der Waals surface area contributed by atoms with Crippen molar-refractivity contribution in [1.82, 2.24) is 4.57 Å². The van der Waals surface area contributed by atoms with Gasteiger partial charge in [-0.25, -0.2) is 0 Å². The summed E-state index contributed by atoms with van der Waals surface area (Å²) in [5, 5.41) is 1.19. The zero-order valence-electron chi connectivity index (χ0n) is 9.30. The lowest BCUT2D eigenvalue weighted by Crippen LogP contribution is -1.81. The van der Waals surface area contributed by atoms with E-state index in [4.69, 9.17) is 6.42 Å². The van der Waals surface area contributed by atoms with Gasteiger partial charge in [0.15, 0.2) is 0 Å². The quantitative estimate of drug-likeness (QED) is 0.395. The molecule has 2 aromatic rings. The van der Waals surface area contributed by atoms with Gasteiger partial charge in [-0.3, -0.25) is 4.57 Å². The molecule has 0 N–H and O–H groups in total. The molecule has 2 aliphatic rings. The third-order valence-electron chi connectivity index (χ3n) is 2.85. The van der Waals surface area contributed by atoms with Crippen molar-refractivity contribution in [3.8, 4) is 23.6 Å². The molecule has 1 heterocycles. The van der Waals surface area contributed by atoms with Crippen LogP contribution in [0.15, 0.2) is 60.8 Å². The molecule has 0 unspecified atom stereocenters. The first-order valence-electron chi connectivity index (χ1n) is 5.51. The lowest BCUT2D eigenvalue weighted by atomic mass is 10.2. The zero-order valence-corrected chi connectivity index (χ0v) is 9.30. The molecule has 17 heavy (non-hydrogen) atoms. The highest BCUT2D eigenvalue weighted by Gasteiger charge is 2.06. The van der Waals surface area contributed by atoms with Crippen LogP contribution in [0.25, 0.3) is 22.0 Å². The lowest BCUT2D eigenvalue weighted by Gasteiger charge is -1.91. The highest BCUT2D eigenvalue weighted by atomic mass is 14.9. The Labute approximate surface area is 100 Å². The molecule has 0 saturated heterocycles. The van der Waals surface area contributed by atoms with Crippen LogP contribution in [0.5, 0.6) is 0 Å². The summed E-state index contributed by atoms with van der Waals surface area (Å²) in [6.07, 6.45) is 7.17. The number of fused-ring (bicyclic) bond motifs is 2. The van der Waals surface area contributed by atoms with E-state index < -0.39 is 0 Å². The molecule has 1 aromatic heterocycles. The summed E-state index contributed by atoms with van der Waals surface area (Å²) in [6.45, 7) is 0. The number of benzene rings is 2. The topological polar surface area (TPSA) is 4.93 Å². The predicted molar refractivity (Wildman–Crippen MR) is 71.6 cm³/mol. The van der Waals surface area contributed by atoms with Crippen molar-refractivity contribution in [3.05, 3.63) is 60.8 Å². The lowest BCUT2D eigenvalue weighted by molar-refractivity contribution is 1.20. The Morgan fingerprint density at radius 1 is 0.882 bits per heavy atom. The number of aromatic nitrogens is 1. The third-order valence-corrected chi connectivity index (χ3v) is 2.85. The van der Waals surface area contributed by atoms with Crippen molar-refractivity contribution >= 4 is 10.9 Å². The number of hydrogen-bond acceptors (Lipinski definition) is 0. The van der Waals surface area contributed by atoms with E-state index in [0.29, 0.717) is 0 Å². The van der Waals surface area contributed by atoms with Crippen molar-refractivity contribution < 1.29 is 0 Å². The molecule has 0 amide bonds. The first-order valence-corrected chi connectivity index (χ1v) is 5.51. The monoisotopic (exact) mass is 217 g/mol. The van der Waals surface area contributed by atoms with Gasteiger partial charge in [-0.05, 0) is 29.3 Å². The van der Waals surface area contributed by atoms with Crippen molar-refractivity contribution in [2.24, 2.45) is 0 Å². The number of para-hydroxylation sites is 1. The van der Waals surface area contributed by atoms with Crippen LogP contribution in [0.2, 0.25) is 0 Å². The largest absolute Gasteiger partial charge is 0.277 e. The SMILES string of the molecule is C#Cn1ccc2ccccc21.c1cc2cc-2c1. The van der Waals surface area contributed by atoms with Gasteiger partial charge in [0.25, 0.3) is 0 Å². The minimum absolute atomic E-state index is 1.09. The van der Waals surface area contributed by atoms with Gasteiger partial charge in [0.2, 0.25) is 0 Å². The van der Waals surface area contributed by atoms with Gasteiger partial charge < -0.3 is 0 Å². The van der Waals surface area contributed by atoms with Crippen molar-refractivity contribution in [2.75, 3.05) is 0 Å². The Kier molecular flexibility index (Phi) is 2.20. The van der Waals surface area contributed by atoms with Crippen LogP contribution in [0.3, 0.4) is 0 Å². The molecule has 1 nitrogen and oxygen atoms in total. The van der Waals surface area contributed by atoms with Crippen molar-refractivity contribution in [2.45, 2.75) is 0 Å². The van der Waals surface area contributed by atoms with Crippen LogP contribution < -0.4 is 0 Å². The van der Waals surface area contributed by atoms with Crippen LogP contribution >= 0.6 is 0 Å². The third kappa shape index (κ3) is 1.81. The van der Waals surface area contributed by atoms with Gasteiger partial charge in [0.05, 0.1) is 5.52 Å². The van der Waals surface area contributed by atoms with E-state index in [1.54, 1.807) is 4.57 Å².